The van der Waals surface area contributed by atoms with Crippen molar-refractivity contribution in [2.75, 3.05) is 0 Å². The van der Waals surface area contributed by atoms with Gasteiger partial charge in [-0.1, -0.05) is 19.8 Å². The second-order valence-electron chi connectivity index (χ2n) is 4.56. The molecule has 0 unspecified atom stereocenters. The van der Waals surface area contributed by atoms with Crippen molar-refractivity contribution in [1.29, 1.82) is 0 Å². The third-order valence-electron chi connectivity index (χ3n) is 3.39. The van der Waals surface area contributed by atoms with Gasteiger partial charge in [-0.25, -0.2) is 4.39 Å². The van der Waals surface area contributed by atoms with Crippen LogP contribution in [-0.4, -0.2) is 5.11 Å². The van der Waals surface area contributed by atoms with Gasteiger partial charge in [-0.3, -0.25) is 0 Å². The first-order valence-corrected chi connectivity index (χ1v) is 5.82. The highest BCUT2D eigenvalue weighted by atomic mass is 19.2. The number of benzene rings is 1. The number of hydrogen-bond acceptors (Lipinski definition) is 1. The molecule has 16 heavy (non-hydrogen) atoms. The van der Waals surface area contributed by atoms with E-state index >= 15 is 0 Å². The minimum absolute atomic E-state index is 0.455. The maximum absolute atomic E-state index is 13.6. The summed E-state index contributed by atoms with van der Waals surface area (Å²) in [5.41, 5.74) is 1.24. The van der Waals surface area contributed by atoms with Gasteiger partial charge in [0.15, 0.2) is 11.6 Å². The van der Waals surface area contributed by atoms with E-state index in [0.717, 1.165) is 31.2 Å². The number of fused-ring (bicyclic) bond motifs is 1. The van der Waals surface area contributed by atoms with E-state index in [2.05, 4.69) is 6.92 Å². The highest BCUT2D eigenvalue weighted by Crippen LogP contribution is 2.34. The summed E-state index contributed by atoms with van der Waals surface area (Å²) in [6.45, 7) is 2.10. The highest BCUT2D eigenvalue weighted by molar-refractivity contribution is 5.39. The molecule has 0 saturated heterocycles. The van der Waals surface area contributed by atoms with Gasteiger partial charge in [-0.2, -0.15) is 4.39 Å². The lowest BCUT2D eigenvalue weighted by atomic mass is 9.81. The number of aryl methyl sites for hydroxylation is 1. The quantitative estimate of drug-likeness (QED) is 0.817. The summed E-state index contributed by atoms with van der Waals surface area (Å²) in [6, 6.07) is 1.37. The third kappa shape index (κ3) is 1.91. The number of rotatable bonds is 2. The molecule has 1 aromatic carbocycles. The second-order valence-corrected chi connectivity index (χ2v) is 4.56. The molecule has 1 atom stereocenters. The molecule has 0 fully saturated rings. The van der Waals surface area contributed by atoms with Crippen LogP contribution < -0.4 is 0 Å². The van der Waals surface area contributed by atoms with Crippen LogP contribution in [0.1, 0.15) is 37.3 Å². The molecule has 1 nitrogen and oxygen atoms in total. The van der Waals surface area contributed by atoms with E-state index < -0.39 is 17.4 Å². The largest absolute Gasteiger partial charge is 0.505 e. The predicted molar refractivity (Wildman–Crippen MR) is 58.4 cm³/mol. The Balaban J connectivity index is 2.34. The maximum Gasteiger partial charge on any atom is 0.200 e. The standard InChI is InChI=1S/C13H16F2O/c1-2-3-8-4-5-9-7-11(16)13(15)12(14)10(9)6-8/h7-8,16H,2-6H2,1H3/t8-/m0/s1. The van der Waals surface area contributed by atoms with Gasteiger partial charge >= 0.3 is 0 Å². The molecule has 1 aliphatic rings. The molecule has 0 radical (unpaired) electrons. The molecule has 0 heterocycles. The first-order chi connectivity index (χ1) is 7.63. The molecule has 0 saturated carbocycles. The SMILES string of the molecule is CCC[C@H]1CCc2cc(O)c(F)c(F)c2C1. The lowest BCUT2D eigenvalue weighted by Gasteiger charge is -2.25. The van der Waals surface area contributed by atoms with Crippen LogP contribution in [0, 0.1) is 17.6 Å². The van der Waals surface area contributed by atoms with Gasteiger partial charge < -0.3 is 5.11 Å². The fourth-order valence-corrected chi connectivity index (χ4v) is 2.55. The smallest absolute Gasteiger partial charge is 0.200 e. The Kier molecular flexibility index (Phi) is 3.13. The topological polar surface area (TPSA) is 20.2 Å². The zero-order valence-corrected chi connectivity index (χ0v) is 9.39. The summed E-state index contributed by atoms with van der Waals surface area (Å²) in [7, 11) is 0. The molecule has 0 spiro atoms. The number of halogens is 2. The lowest BCUT2D eigenvalue weighted by Crippen LogP contribution is -2.16. The number of phenolic OH excluding ortho intramolecular Hbond substituents is 1. The molecule has 1 N–H and O–H groups in total. The van der Waals surface area contributed by atoms with Gasteiger partial charge in [0, 0.05) is 0 Å². The van der Waals surface area contributed by atoms with Crippen LogP contribution in [0.4, 0.5) is 8.78 Å². The molecule has 0 bridgehead atoms. The van der Waals surface area contributed by atoms with Crippen molar-refractivity contribution < 1.29 is 13.9 Å². The molecule has 1 aliphatic carbocycles. The molecule has 2 rings (SSSR count). The Morgan fingerprint density at radius 3 is 2.81 bits per heavy atom. The third-order valence-corrected chi connectivity index (χ3v) is 3.39. The normalized spacial score (nSPS) is 19.6. The van der Waals surface area contributed by atoms with E-state index in [1.54, 1.807) is 0 Å². The highest BCUT2D eigenvalue weighted by Gasteiger charge is 2.24. The van der Waals surface area contributed by atoms with Crippen LogP contribution in [0.25, 0.3) is 0 Å². The molecule has 1 aromatic rings. The Hall–Kier alpha value is -1.12. The zero-order chi connectivity index (χ0) is 11.7. The number of hydrogen-bond donors (Lipinski definition) is 1. The molecular weight excluding hydrogens is 210 g/mol. The van der Waals surface area contributed by atoms with Crippen molar-refractivity contribution in [3.05, 3.63) is 28.8 Å². The molecule has 0 aliphatic heterocycles. The summed E-state index contributed by atoms with van der Waals surface area (Å²) in [5.74, 6) is -2.06. The molecule has 88 valence electrons. The van der Waals surface area contributed by atoms with E-state index in [0.29, 0.717) is 17.9 Å². The van der Waals surface area contributed by atoms with Crippen LogP contribution in [0.2, 0.25) is 0 Å². The summed E-state index contributed by atoms with van der Waals surface area (Å²) in [4.78, 5) is 0. The Morgan fingerprint density at radius 2 is 2.12 bits per heavy atom. The molecule has 3 heteroatoms. The van der Waals surface area contributed by atoms with Crippen LogP contribution in [0.3, 0.4) is 0 Å². The summed E-state index contributed by atoms with van der Waals surface area (Å²) in [5, 5.41) is 9.21. The van der Waals surface area contributed by atoms with Crippen molar-refractivity contribution in [3.63, 3.8) is 0 Å². The van der Waals surface area contributed by atoms with Crippen molar-refractivity contribution >= 4 is 0 Å². The van der Waals surface area contributed by atoms with Gasteiger partial charge in [-0.15, -0.1) is 0 Å². The van der Waals surface area contributed by atoms with Gasteiger partial charge in [0.05, 0.1) is 0 Å². The molecule has 0 aromatic heterocycles. The van der Waals surface area contributed by atoms with Gasteiger partial charge in [0.1, 0.15) is 0 Å². The Bertz CT molecular complexity index is 401. The Morgan fingerprint density at radius 1 is 1.38 bits per heavy atom. The lowest BCUT2D eigenvalue weighted by molar-refractivity contribution is 0.377. The van der Waals surface area contributed by atoms with E-state index in [9.17, 15) is 13.9 Å². The maximum atomic E-state index is 13.6. The summed E-state index contributed by atoms with van der Waals surface area (Å²) < 4.78 is 26.8. The van der Waals surface area contributed by atoms with Crippen LogP contribution in [-0.2, 0) is 12.8 Å². The number of phenols is 1. The average Bonchev–Trinajstić information content (AvgIpc) is 2.28. The van der Waals surface area contributed by atoms with E-state index in [-0.39, 0.29) is 0 Å². The molecular formula is C13H16F2O. The second kappa shape index (κ2) is 4.40. The van der Waals surface area contributed by atoms with Crippen molar-refractivity contribution in [2.45, 2.75) is 39.0 Å². The van der Waals surface area contributed by atoms with Crippen LogP contribution in [0.5, 0.6) is 5.75 Å². The van der Waals surface area contributed by atoms with Crippen molar-refractivity contribution in [3.8, 4) is 5.75 Å². The van der Waals surface area contributed by atoms with Gasteiger partial charge in [-0.05, 0) is 42.4 Å². The Labute approximate surface area is 94.1 Å². The predicted octanol–water partition coefficient (Wildman–Crippen LogP) is 3.58. The number of aromatic hydroxyl groups is 1. The summed E-state index contributed by atoms with van der Waals surface area (Å²) >= 11 is 0. The minimum atomic E-state index is -1.10. The monoisotopic (exact) mass is 226 g/mol. The zero-order valence-electron chi connectivity index (χ0n) is 9.39. The molecule has 0 amide bonds. The van der Waals surface area contributed by atoms with Gasteiger partial charge in [0.2, 0.25) is 5.82 Å². The fourth-order valence-electron chi connectivity index (χ4n) is 2.55. The van der Waals surface area contributed by atoms with Crippen LogP contribution >= 0.6 is 0 Å². The average molecular weight is 226 g/mol. The minimum Gasteiger partial charge on any atom is -0.505 e. The first kappa shape index (κ1) is 11.4. The van der Waals surface area contributed by atoms with Crippen LogP contribution in [0.15, 0.2) is 6.07 Å². The summed E-state index contributed by atoms with van der Waals surface area (Å²) in [6.07, 6.45) is 4.48. The van der Waals surface area contributed by atoms with Crippen molar-refractivity contribution in [1.82, 2.24) is 0 Å². The van der Waals surface area contributed by atoms with E-state index in [4.69, 9.17) is 0 Å². The first-order valence-electron chi connectivity index (χ1n) is 5.82. The van der Waals surface area contributed by atoms with Crippen molar-refractivity contribution in [2.24, 2.45) is 5.92 Å². The van der Waals surface area contributed by atoms with Gasteiger partial charge in [0.25, 0.3) is 0 Å². The van der Waals surface area contributed by atoms with E-state index in [1.807, 2.05) is 0 Å². The fraction of sp³-hybridized carbons (Fsp3) is 0.538. The van der Waals surface area contributed by atoms with E-state index in [1.165, 1.54) is 6.07 Å².